The van der Waals surface area contributed by atoms with Crippen LogP contribution in [0.25, 0.3) is 0 Å². The number of likely N-dealkylation sites (N-methyl/N-ethyl adjacent to an activating group) is 1. The SMILES string of the molecule is CCNCC1CCCN1Cc1cc(Cl)ccc1OC. The number of rotatable bonds is 6. The Morgan fingerprint density at radius 3 is 3.05 bits per heavy atom. The number of benzene rings is 1. The van der Waals surface area contributed by atoms with Crippen LogP contribution in [0.2, 0.25) is 5.02 Å². The molecule has 0 bridgehead atoms. The molecule has 0 aliphatic carbocycles. The Bertz CT molecular complexity index is 411. The van der Waals surface area contributed by atoms with Gasteiger partial charge in [-0.05, 0) is 44.1 Å². The molecule has 1 aliphatic rings. The van der Waals surface area contributed by atoms with Gasteiger partial charge in [-0.1, -0.05) is 18.5 Å². The van der Waals surface area contributed by atoms with Crippen LogP contribution in [0.5, 0.6) is 5.75 Å². The molecule has 1 N–H and O–H groups in total. The number of methoxy groups -OCH3 is 1. The number of hydrogen-bond acceptors (Lipinski definition) is 3. The average molecular weight is 283 g/mol. The van der Waals surface area contributed by atoms with E-state index in [4.69, 9.17) is 16.3 Å². The predicted octanol–water partition coefficient (Wildman–Crippen LogP) is 2.92. The van der Waals surface area contributed by atoms with E-state index in [0.29, 0.717) is 6.04 Å². The fourth-order valence-corrected chi connectivity index (χ4v) is 2.93. The van der Waals surface area contributed by atoms with Crippen molar-refractivity contribution < 1.29 is 4.74 Å². The topological polar surface area (TPSA) is 24.5 Å². The van der Waals surface area contributed by atoms with Gasteiger partial charge in [-0.25, -0.2) is 0 Å². The van der Waals surface area contributed by atoms with Gasteiger partial charge in [-0.15, -0.1) is 0 Å². The van der Waals surface area contributed by atoms with Gasteiger partial charge in [0.15, 0.2) is 0 Å². The van der Waals surface area contributed by atoms with Gasteiger partial charge in [0, 0.05) is 29.7 Å². The number of nitrogens with one attached hydrogen (secondary N) is 1. The van der Waals surface area contributed by atoms with Crippen molar-refractivity contribution in [2.75, 3.05) is 26.7 Å². The van der Waals surface area contributed by atoms with E-state index in [1.54, 1.807) is 7.11 Å². The van der Waals surface area contributed by atoms with Crippen LogP contribution in [0.3, 0.4) is 0 Å². The third-order valence-electron chi connectivity index (χ3n) is 3.74. The van der Waals surface area contributed by atoms with E-state index in [1.807, 2.05) is 18.2 Å². The predicted molar refractivity (Wildman–Crippen MR) is 80.0 cm³/mol. The molecule has 2 rings (SSSR count). The maximum absolute atomic E-state index is 6.09. The largest absolute Gasteiger partial charge is 0.496 e. The van der Waals surface area contributed by atoms with Gasteiger partial charge in [-0.3, -0.25) is 4.90 Å². The highest BCUT2D eigenvalue weighted by Gasteiger charge is 2.24. The minimum atomic E-state index is 0.628. The van der Waals surface area contributed by atoms with E-state index in [-0.39, 0.29) is 0 Å². The molecule has 1 fully saturated rings. The molecule has 1 heterocycles. The summed E-state index contributed by atoms with van der Waals surface area (Å²) in [6.45, 7) is 6.33. The number of likely N-dealkylation sites (tertiary alicyclic amines) is 1. The lowest BCUT2D eigenvalue weighted by Crippen LogP contribution is -2.37. The highest BCUT2D eigenvalue weighted by Crippen LogP contribution is 2.27. The summed E-state index contributed by atoms with van der Waals surface area (Å²) in [7, 11) is 1.72. The normalized spacial score (nSPS) is 19.8. The highest BCUT2D eigenvalue weighted by atomic mass is 35.5. The first kappa shape index (κ1) is 14.6. The molecule has 4 heteroatoms. The molecule has 19 heavy (non-hydrogen) atoms. The fraction of sp³-hybridized carbons (Fsp3) is 0.600. The molecule has 0 radical (unpaired) electrons. The van der Waals surface area contributed by atoms with Gasteiger partial charge in [0.2, 0.25) is 0 Å². The van der Waals surface area contributed by atoms with Crippen LogP contribution in [0.15, 0.2) is 18.2 Å². The van der Waals surface area contributed by atoms with E-state index in [1.165, 1.54) is 18.4 Å². The van der Waals surface area contributed by atoms with Gasteiger partial charge in [0.25, 0.3) is 0 Å². The molecule has 3 nitrogen and oxygen atoms in total. The zero-order valence-electron chi connectivity index (χ0n) is 11.8. The van der Waals surface area contributed by atoms with Crippen LogP contribution in [0.4, 0.5) is 0 Å². The Balaban J connectivity index is 2.05. The number of nitrogens with zero attached hydrogens (tertiary/aromatic N) is 1. The molecule has 0 spiro atoms. The summed E-state index contributed by atoms with van der Waals surface area (Å²) in [5.41, 5.74) is 1.18. The minimum absolute atomic E-state index is 0.628. The summed E-state index contributed by atoms with van der Waals surface area (Å²) in [4.78, 5) is 2.52. The van der Waals surface area contributed by atoms with Crippen LogP contribution in [-0.4, -0.2) is 37.7 Å². The maximum Gasteiger partial charge on any atom is 0.123 e. The van der Waals surface area contributed by atoms with Crippen molar-refractivity contribution in [2.45, 2.75) is 32.4 Å². The van der Waals surface area contributed by atoms with Crippen molar-refractivity contribution in [3.05, 3.63) is 28.8 Å². The van der Waals surface area contributed by atoms with E-state index >= 15 is 0 Å². The zero-order valence-corrected chi connectivity index (χ0v) is 12.5. The van der Waals surface area contributed by atoms with Crippen LogP contribution in [0.1, 0.15) is 25.3 Å². The first-order valence-electron chi connectivity index (χ1n) is 7.01. The molecule has 1 aromatic rings. The molecule has 1 unspecified atom stereocenters. The van der Waals surface area contributed by atoms with Crippen molar-refractivity contribution >= 4 is 11.6 Å². The quantitative estimate of drug-likeness (QED) is 0.868. The Labute approximate surface area is 120 Å². The molecule has 1 saturated heterocycles. The van der Waals surface area contributed by atoms with Crippen LogP contribution in [-0.2, 0) is 6.54 Å². The van der Waals surface area contributed by atoms with Gasteiger partial charge < -0.3 is 10.1 Å². The number of hydrogen-bond donors (Lipinski definition) is 1. The molecular formula is C15H23ClN2O. The first-order chi connectivity index (χ1) is 9.24. The summed E-state index contributed by atoms with van der Waals surface area (Å²) in [6.07, 6.45) is 2.55. The highest BCUT2D eigenvalue weighted by molar-refractivity contribution is 6.30. The van der Waals surface area contributed by atoms with Gasteiger partial charge in [0.05, 0.1) is 7.11 Å². The van der Waals surface area contributed by atoms with Crippen molar-refractivity contribution in [3.8, 4) is 5.75 Å². The smallest absolute Gasteiger partial charge is 0.123 e. The lowest BCUT2D eigenvalue weighted by atomic mass is 10.1. The van der Waals surface area contributed by atoms with Gasteiger partial charge >= 0.3 is 0 Å². The third-order valence-corrected chi connectivity index (χ3v) is 3.98. The van der Waals surface area contributed by atoms with Crippen molar-refractivity contribution in [2.24, 2.45) is 0 Å². The van der Waals surface area contributed by atoms with Crippen LogP contribution < -0.4 is 10.1 Å². The lowest BCUT2D eigenvalue weighted by Gasteiger charge is -2.25. The molecule has 0 amide bonds. The second-order valence-corrected chi connectivity index (χ2v) is 5.47. The summed E-state index contributed by atoms with van der Waals surface area (Å²) >= 11 is 6.09. The molecule has 1 aliphatic heterocycles. The standard InChI is InChI=1S/C15H23ClN2O/c1-3-17-10-14-5-4-8-18(14)11-12-9-13(16)6-7-15(12)19-2/h6-7,9,14,17H,3-5,8,10-11H2,1-2H3. The van der Waals surface area contributed by atoms with Crippen molar-refractivity contribution in [1.29, 1.82) is 0 Å². The van der Waals surface area contributed by atoms with Crippen molar-refractivity contribution in [1.82, 2.24) is 10.2 Å². The van der Waals surface area contributed by atoms with E-state index < -0.39 is 0 Å². The molecule has 1 aromatic carbocycles. The Morgan fingerprint density at radius 1 is 1.47 bits per heavy atom. The molecule has 1 atom stereocenters. The lowest BCUT2D eigenvalue weighted by molar-refractivity contribution is 0.237. The third kappa shape index (κ3) is 3.85. The van der Waals surface area contributed by atoms with E-state index in [9.17, 15) is 0 Å². The first-order valence-corrected chi connectivity index (χ1v) is 7.39. The van der Waals surface area contributed by atoms with E-state index in [0.717, 1.165) is 37.0 Å². The molecular weight excluding hydrogens is 260 g/mol. The maximum atomic E-state index is 6.09. The Hall–Kier alpha value is -0.770. The summed E-state index contributed by atoms with van der Waals surface area (Å²) in [5.74, 6) is 0.929. The fourth-order valence-electron chi connectivity index (χ4n) is 2.73. The van der Waals surface area contributed by atoms with Crippen LogP contribution >= 0.6 is 11.6 Å². The summed E-state index contributed by atoms with van der Waals surface area (Å²) in [5, 5.41) is 4.22. The van der Waals surface area contributed by atoms with Crippen LogP contribution in [0, 0.1) is 0 Å². The summed E-state index contributed by atoms with van der Waals surface area (Å²) in [6, 6.07) is 6.48. The number of ether oxygens (including phenoxy) is 1. The second kappa shape index (κ2) is 7.13. The minimum Gasteiger partial charge on any atom is -0.496 e. The average Bonchev–Trinajstić information content (AvgIpc) is 2.84. The van der Waals surface area contributed by atoms with Gasteiger partial charge in [-0.2, -0.15) is 0 Å². The van der Waals surface area contributed by atoms with Crippen molar-refractivity contribution in [3.63, 3.8) is 0 Å². The van der Waals surface area contributed by atoms with E-state index in [2.05, 4.69) is 17.1 Å². The molecule has 106 valence electrons. The Kier molecular flexibility index (Phi) is 5.49. The summed E-state index contributed by atoms with van der Waals surface area (Å²) < 4.78 is 5.43. The molecule has 0 saturated carbocycles. The zero-order chi connectivity index (χ0) is 13.7. The second-order valence-electron chi connectivity index (χ2n) is 5.03. The monoisotopic (exact) mass is 282 g/mol. The Morgan fingerprint density at radius 2 is 2.32 bits per heavy atom. The number of halogens is 1. The van der Waals surface area contributed by atoms with Gasteiger partial charge in [0.1, 0.15) is 5.75 Å². The molecule has 0 aromatic heterocycles.